The molecule has 3 aromatic carbocycles. The molecule has 0 amide bonds. The molecule has 1 aliphatic heterocycles. The highest BCUT2D eigenvalue weighted by atomic mass is 32.2. The lowest BCUT2D eigenvalue weighted by Gasteiger charge is -2.33. The van der Waals surface area contributed by atoms with Gasteiger partial charge in [0.15, 0.2) is 5.78 Å². The van der Waals surface area contributed by atoms with E-state index in [1.165, 1.54) is 36.4 Å². The van der Waals surface area contributed by atoms with Crippen LogP contribution in [0.3, 0.4) is 0 Å². The first kappa shape index (κ1) is 26.6. The fourth-order valence-electron chi connectivity index (χ4n) is 5.42. The third-order valence-electron chi connectivity index (χ3n) is 7.31. The minimum absolute atomic E-state index is 0.0451. The Bertz CT molecular complexity index is 1310. The Balaban J connectivity index is 1.20. The molecule has 2 bridgehead atoms. The zero-order valence-corrected chi connectivity index (χ0v) is 21.3. The second kappa shape index (κ2) is 11.0. The van der Waals surface area contributed by atoms with Gasteiger partial charge in [0.05, 0.1) is 16.5 Å². The molecule has 1 saturated carbocycles. The van der Waals surface area contributed by atoms with Crippen molar-refractivity contribution in [3.63, 3.8) is 0 Å². The van der Waals surface area contributed by atoms with Crippen LogP contribution in [0.4, 0.5) is 17.6 Å². The summed E-state index contributed by atoms with van der Waals surface area (Å²) in [4.78, 5) is 13.9. The molecule has 2 aliphatic rings. The maximum Gasteiger partial charge on any atom is 0.416 e. The standard InChI is InChI=1S/C29H27F4NO3S/c30-23-10-13-26(14-11-23)38(36)34-24-12-7-21(17-24)28(34)27(35)15-6-19-2-1-3-25(16-19)37-18-20-4-8-22(9-5-20)29(31,32)33/h1-5,8-11,13-14,16,21,24,28H,6-7,12,15,17-18H2/t21-,24+,28-,38?/m0/s1. The third kappa shape index (κ3) is 5.83. The van der Waals surface area contributed by atoms with Crippen molar-refractivity contribution in [1.82, 2.24) is 4.31 Å². The Labute approximate surface area is 221 Å². The lowest BCUT2D eigenvalue weighted by molar-refractivity contribution is -0.137. The molecular formula is C29H27F4NO3S. The van der Waals surface area contributed by atoms with E-state index in [1.807, 2.05) is 22.5 Å². The summed E-state index contributed by atoms with van der Waals surface area (Å²) in [5.41, 5.74) is 0.810. The average Bonchev–Trinajstić information content (AvgIpc) is 3.53. The van der Waals surface area contributed by atoms with Crippen molar-refractivity contribution in [3.8, 4) is 5.75 Å². The summed E-state index contributed by atoms with van der Waals surface area (Å²) in [7, 11) is -1.53. The molecule has 0 radical (unpaired) electrons. The lowest BCUT2D eigenvalue weighted by atomic mass is 9.93. The minimum atomic E-state index is -4.38. The zero-order valence-electron chi connectivity index (χ0n) is 20.5. The quantitative estimate of drug-likeness (QED) is 0.289. The summed E-state index contributed by atoms with van der Waals surface area (Å²) in [6.07, 6.45) is -0.924. The minimum Gasteiger partial charge on any atom is -0.489 e. The van der Waals surface area contributed by atoms with Crippen LogP contribution in [0.1, 0.15) is 42.4 Å². The van der Waals surface area contributed by atoms with Gasteiger partial charge in [-0.05, 0) is 91.3 Å². The van der Waals surface area contributed by atoms with Crippen LogP contribution in [0.25, 0.3) is 0 Å². The van der Waals surface area contributed by atoms with E-state index < -0.39 is 34.6 Å². The van der Waals surface area contributed by atoms with Crippen LogP contribution >= 0.6 is 0 Å². The topological polar surface area (TPSA) is 46.6 Å². The Morgan fingerprint density at radius 2 is 1.71 bits per heavy atom. The van der Waals surface area contributed by atoms with E-state index in [2.05, 4.69) is 0 Å². The van der Waals surface area contributed by atoms with Crippen LogP contribution < -0.4 is 4.74 Å². The van der Waals surface area contributed by atoms with Gasteiger partial charge in [-0.3, -0.25) is 4.79 Å². The van der Waals surface area contributed by atoms with Gasteiger partial charge in [-0.1, -0.05) is 24.3 Å². The molecule has 2 fully saturated rings. The Morgan fingerprint density at radius 3 is 2.42 bits per heavy atom. The monoisotopic (exact) mass is 545 g/mol. The number of carbonyl (C=O) groups is 1. The molecule has 4 atom stereocenters. The van der Waals surface area contributed by atoms with E-state index in [1.54, 1.807) is 6.07 Å². The van der Waals surface area contributed by atoms with Crippen molar-refractivity contribution in [1.29, 1.82) is 0 Å². The molecule has 9 heteroatoms. The average molecular weight is 546 g/mol. The second-order valence-corrected chi connectivity index (χ2v) is 11.2. The number of rotatable bonds is 9. The Morgan fingerprint density at radius 1 is 0.974 bits per heavy atom. The van der Waals surface area contributed by atoms with Crippen LogP contribution in [0, 0.1) is 11.7 Å². The summed E-state index contributed by atoms with van der Waals surface area (Å²) >= 11 is 0. The van der Waals surface area contributed by atoms with Crippen molar-refractivity contribution in [2.24, 2.45) is 5.92 Å². The van der Waals surface area contributed by atoms with E-state index in [-0.39, 0.29) is 30.8 Å². The number of piperidine rings is 1. The van der Waals surface area contributed by atoms with E-state index in [0.29, 0.717) is 22.6 Å². The molecule has 0 spiro atoms. The number of halogens is 4. The fourth-order valence-corrected chi connectivity index (χ4v) is 6.99. The van der Waals surface area contributed by atoms with Crippen molar-refractivity contribution in [3.05, 3.63) is 95.3 Å². The van der Waals surface area contributed by atoms with Crippen molar-refractivity contribution in [2.75, 3.05) is 0 Å². The number of hydrogen-bond donors (Lipinski definition) is 0. The van der Waals surface area contributed by atoms with Gasteiger partial charge >= 0.3 is 6.18 Å². The highest BCUT2D eigenvalue weighted by Crippen LogP contribution is 2.45. The number of nitrogens with zero attached hydrogens (tertiary/aromatic N) is 1. The van der Waals surface area contributed by atoms with E-state index in [0.717, 1.165) is 37.0 Å². The summed E-state index contributed by atoms with van der Waals surface area (Å²) in [6.45, 7) is 0.121. The Kier molecular flexibility index (Phi) is 7.68. The van der Waals surface area contributed by atoms with Crippen LogP contribution in [0.2, 0.25) is 0 Å². The fraction of sp³-hybridized carbons (Fsp3) is 0.345. The smallest absolute Gasteiger partial charge is 0.416 e. The van der Waals surface area contributed by atoms with Gasteiger partial charge < -0.3 is 4.74 Å². The van der Waals surface area contributed by atoms with Crippen molar-refractivity contribution >= 4 is 16.8 Å². The number of benzene rings is 3. The summed E-state index contributed by atoms with van der Waals surface area (Å²) in [6, 6.07) is 17.4. The van der Waals surface area contributed by atoms with Crippen molar-refractivity contribution < 1.29 is 31.3 Å². The molecule has 1 aliphatic carbocycles. The third-order valence-corrected chi connectivity index (χ3v) is 8.89. The number of hydrogen-bond acceptors (Lipinski definition) is 3. The van der Waals surface area contributed by atoms with E-state index in [9.17, 15) is 26.6 Å². The van der Waals surface area contributed by atoms with Crippen LogP contribution in [0.15, 0.2) is 77.7 Å². The molecule has 1 saturated heterocycles. The van der Waals surface area contributed by atoms with E-state index in [4.69, 9.17) is 4.74 Å². The summed E-state index contributed by atoms with van der Waals surface area (Å²) < 4.78 is 72.5. The van der Waals surface area contributed by atoms with Gasteiger partial charge in [0.1, 0.15) is 29.2 Å². The van der Waals surface area contributed by atoms with Gasteiger partial charge in [0, 0.05) is 12.5 Å². The van der Waals surface area contributed by atoms with Crippen LogP contribution in [0.5, 0.6) is 5.75 Å². The van der Waals surface area contributed by atoms with Gasteiger partial charge in [-0.25, -0.2) is 12.9 Å². The number of aryl methyl sites for hydroxylation is 1. The molecule has 38 heavy (non-hydrogen) atoms. The summed E-state index contributed by atoms with van der Waals surface area (Å²) in [5, 5.41) is 0. The lowest BCUT2D eigenvalue weighted by Crippen LogP contribution is -2.46. The van der Waals surface area contributed by atoms with Crippen molar-refractivity contribution in [2.45, 2.75) is 61.9 Å². The van der Waals surface area contributed by atoms with Gasteiger partial charge in [0.2, 0.25) is 0 Å². The molecule has 0 aromatic heterocycles. The van der Waals surface area contributed by atoms with Gasteiger partial charge in [0.25, 0.3) is 0 Å². The predicted octanol–water partition coefficient (Wildman–Crippen LogP) is 6.50. The SMILES string of the molecule is O=C(CCc1cccc(OCc2ccc(C(F)(F)F)cc2)c1)[C@@H]1[C@H]2CC[C@H](C2)N1S(=O)c1ccc(F)cc1. The maximum atomic E-state index is 13.4. The Hall–Kier alpha value is -3.04. The maximum absolute atomic E-state index is 13.4. The first-order chi connectivity index (χ1) is 18.2. The number of Topliss-reactive ketones (excluding diaryl/α,β-unsaturated/α-hetero) is 1. The molecular weight excluding hydrogens is 518 g/mol. The highest BCUT2D eigenvalue weighted by Gasteiger charge is 2.51. The number of fused-ring (bicyclic) bond motifs is 2. The van der Waals surface area contributed by atoms with E-state index >= 15 is 0 Å². The number of carbonyl (C=O) groups excluding carboxylic acids is 1. The molecule has 0 N–H and O–H groups in total. The highest BCUT2D eigenvalue weighted by molar-refractivity contribution is 7.82. The van der Waals surface area contributed by atoms with Gasteiger partial charge in [-0.15, -0.1) is 0 Å². The first-order valence-corrected chi connectivity index (χ1v) is 13.7. The number of ketones is 1. The second-order valence-electron chi connectivity index (χ2n) is 9.83. The summed E-state index contributed by atoms with van der Waals surface area (Å²) in [5.74, 6) is 0.389. The number of ether oxygens (including phenoxy) is 1. The molecule has 200 valence electrons. The molecule has 4 nitrogen and oxygen atoms in total. The molecule has 5 rings (SSSR count). The largest absolute Gasteiger partial charge is 0.489 e. The normalized spacial score (nSPS) is 21.9. The predicted molar refractivity (Wildman–Crippen MR) is 135 cm³/mol. The molecule has 3 aromatic rings. The van der Waals surface area contributed by atoms with Crippen LogP contribution in [-0.4, -0.2) is 26.4 Å². The first-order valence-electron chi connectivity index (χ1n) is 12.6. The van der Waals surface area contributed by atoms with Gasteiger partial charge in [-0.2, -0.15) is 13.2 Å². The molecule has 1 heterocycles. The number of alkyl halides is 3. The molecule has 1 unspecified atom stereocenters. The van der Waals surface area contributed by atoms with Crippen LogP contribution in [-0.2, 0) is 35.0 Å². The zero-order chi connectivity index (χ0) is 26.9.